The average Bonchev–Trinajstić information content (AvgIpc) is 2.19. The fraction of sp³-hybridized carbons (Fsp3) is 0.0909. The Hall–Kier alpha value is -0.970. The van der Waals surface area contributed by atoms with Crippen LogP contribution < -0.4 is 0 Å². The molecule has 0 saturated carbocycles. The standard InChI is InChI=1S/C11H9IO2/c1-8(13)10(12)7-11(14)9-5-3-2-4-6-9/h2-7H,1H3. The monoisotopic (exact) mass is 300 g/mol. The number of rotatable bonds is 3. The highest BCUT2D eigenvalue weighted by atomic mass is 127. The minimum absolute atomic E-state index is 0.0881. The van der Waals surface area contributed by atoms with Gasteiger partial charge in [-0.05, 0) is 29.5 Å². The molecule has 0 aliphatic rings. The van der Waals surface area contributed by atoms with Crippen LogP contribution in [0.5, 0.6) is 0 Å². The van der Waals surface area contributed by atoms with Gasteiger partial charge in [0.1, 0.15) is 0 Å². The number of hydrogen-bond acceptors (Lipinski definition) is 2. The Balaban J connectivity index is 2.88. The van der Waals surface area contributed by atoms with Crippen molar-refractivity contribution in [1.82, 2.24) is 0 Å². The van der Waals surface area contributed by atoms with Crippen molar-refractivity contribution < 1.29 is 9.59 Å². The SMILES string of the molecule is CC(=O)C(I)=CC(=O)c1ccccc1. The molecule has 72 valence electrons. The second-order valence-corrected chi connectivity index (χ2v) is 3.94. The first-order valence-corrected chi connectivity index (χ1v) is 5.16. The van der Waals surface area contributed by atoms with Crippen LogP contribution in [0.3, 0.4) is 0 Å². The Labute approximate surface area is 96.2 Å². The average molecular weight is 300 g/mol. The Morgan fingerprint density at radius 3 is 2.29 bits per heavy atom. The molecular weight excluding hydrogens is 291 g/mol. The first-order chi connectivity index (χ1) is 6.61. The molecule has 0 radical (unpaired) electrons. The summed E-state index contributed by atoms with van der Waals surface area (Å²) in [7, 11) is 0. The summed E-state index contributed by atoms with van der Waals surface area (Å²) >= 11 is 1.86. The van der Waals surface area contributed by atoms with Crippen molar-refractivity contribution in [2.45, 2.75) is 6.92 Å². The van der Waals surface area contributed by atoms with Crippen LogP contribution in [-0.2, 0) is 4.79 Å². The van der Waals surface area contributed by atoms with Crippen LogP contribution in [0.15, 0.2) is 40.0 Å². The number of hydrogen-bond donors (Lipinski definition) is 0. The van der Waals surface area contributed by atoms with Crippen LogP contribution in [0.2, 0.25) is 0 Å². The van der Waals surface area contributed by atoms with E-state index in [9.17, 15) is 9.59 Å². The molecule has 3 heteroatoms. The fourth-order valence-corrected chi connectivity index (χ4v) is 1.19. The van der Waals surface area contributed by atoms with E-state index in [-0.39, 0.29) is 11.6 Å². The number of allylic oxidation sites excluding steroid dienone is 2. The fourth-order valence-electron chi connectivity index (χ4n) is 0.902. The van der Waals surface area contributed by atoms with E-state index in [1.807, 2.05) is 28.7 Å². The molecule has 0 aliphatic carbocycles. The molecule has 0 fully saturated rings. The van der Waals surface area contributed by atoms with Gasteiger partial charge in [0.05, 0.1) is 3.58 Å². The van der Waals surface area contributed by atoms with E-state index in [1.54, 1.807) is 24.3 Å². The first-order valence-electron chi connectivity index (χ1n) is 4.09. The molecule has 0 bridgehead atoms. The Bertz CT molecular complexity index is 380. The summed E-state index contributed by atoms with van der Waals surface area (Å²) in [6.45, 7) is 1.44. The van der Waals surface area contributed by atoms with Crippen LogP contribution >= 0.6 is 22.6 Å². The summed E-state index contributed by atoms with van der Waals surface area (Å²) in [5, 5.41) is 0. The molecule has 0 saturated heterocycles. The minimum Gasteiger partial charge on any atom is -0.294 e. The van der Waals surface area contributed by atoms with Crippen LogP contribution in [0, 0.1) is 0 Å². The van der Waals surface area contributed by atoms with E-state index in [0.29, 0.717) is 9.14 Å². The van der Waals surface area contributed by atoms with Gasteiger partial charge in [-0.2, -0.15) is 0 Å². The number of halogens is 1. The molecule has 1 rings (SSSR count). The van der Waals surface area contributed by atoms with Gasteiger partial charge in [0.2, 0.25) is 0 Å². The molecule has 0 N–H and O–H groups in total. The van der Waals surface area contributed by atoms with Gasteiger partial charge < -0.3 is 0 Å². The van der Waals surface area contributed by atoms with Crippen molar-refractivity contribution in [3.05, 3.63) is 45.6 Å². The highest BCUT2D eigenvalue weighted by Gasteiger charge is 2.04. The van der Waals surface area contributed by atoms with Crippen LogP contribution in [0.4, 0.5) is 0 Å². The second kappa shape index (κ2) is 5.05. The predicted molar refractivity (Wildman–Crippen MR) is 63.6 cm³/mol. The zero-order valence-electron chi connectivity index (χ0n) is 7.66. The van der Waals surface area contributed by atoms with Crippen molar-refractivity contribution >= 4 is 34.2 Å². The third-order valence-corrected chi connectivity index (χ3v) is 2.72. The first kappa shape index (κ1) is 11.1. The highest BCUT2D eigenvalue weighted by molar-refractivity contribution is 14.1. The number of Topliss-reactive ketones (excluding diaryl/α,β-unsaturated/α-hetero) is 1. The Morgan fingerprint density at radius 1 is 1.21 bits per heavy atom. The summed E-state index contributed by atoms with van der Waals surface area (Å²) in [5.74, 6) is -0.222. The molecule has 0 spiro atoms. The van der Waals surface area contributed by atoms with Crippen LogP contribution in [0.25, 0.3) is 0 Å². The van der Waals surface area contributed by atoms with Gasteiger partial charge in [-0.25, -0.2) is 0 Å². The predicted octanol–water partition coefficient (Wildman–Crippen LogP) is 2.78. The van der Waals surface area contributed by atoms with Crippen molar-refractivity contribution in [3.63, 3.8) is 0 Å². The molecule has 1 aromatic rings. The summed E-state index contributed by atoms with van der Waals surface area (Å²) < 4.78 is 0.455. The molecule has 0 heterocycles. The van der Waals surface area contributed by atoms with Gasteiger partial charge in [0.25, 0.3) is 0 Å². The maximum absolute atomic E-state index is 11.5. The number of carbonyl (C=O) groups excluding carboxylic acids is 2. The molecule has 1 aromatic carbocycles. The molecule has 14 heavy (non-hydrogen) atoms. The lowest BCUT2D eigenvalue weighted by Crippen LogP contribution is -1.97. The lowest BCUT2D eigenvalue weighted by molar-refractivity contribution is -0.112. The Kier molecular flexibility index (Phi) is 4.00. The summed E-state index contributed by atoms with van der Waals surface area (Å²) in [5.41, 5.74) is 0.600. The summed E-state index contributed by atoms with van der Waals surface area (Å²) in [4.78, 5) is 22.4. The van der Waals surface area contributed by atoms with Gasteiger partial charge in [-0.3, -0.25) is 9.59 Å². The van der Waals surface area contributed by atoms with Gasteiger partial charge >= 0.3 is 0 Å². The van der Waals surface area contributed by atoms with Gasteiger partial charge in [0.15, 0.2) is 11.6 Å². The second-order valence-electron chi connectivity index (χ2n) is 2.78. The highest BCUT2D eigenvalue weighted by Crippen LogP contribution is 2.10. The van der Waals surface area contributed by atoms with E-state index in [0.717, 1.165) is 0 Å². The number of carbonyl (C=O) groups is 2. The molecular formula is C11H9IO2. The van der Waals surface area contributed by atoms with Crippen molar-refractivity contribution in [1.29, 1.82) is 0 Å². The smallest absolute Gasteiger partial charge is 0.187 e. The summed E-state index contributed by atoms with van der Waals surface area (Å²) in [6.07, 6.45) is 1.36. The minimum atomic E-state index is -0.134. The van der Waals surface area contributed by atoms with Gasteiger partial charge in [-0.1, -0.05) is 30.3 Å². The largest absolute Gasteiger partial charge is 0.294 e. The normalized spacial score (nSPS) is 11.1. The van der Waals surface area contributed by atoms with E-state index in [2.05, 4.69) is 0 Å². The maximum atomic E-state index is 11.5. The Morgan fingerprint density at radius 2 is 1.79 bits per heavy atom. The lowest BCUT2D eigenvalue weighted by Gasteiger charge is -1.95. The number of benzene rings is 1. The number of ketones is 2. The van der Waals surface area contributed by atoms with Crippen molar-refractivity contribution in [2.24, 2.45) is 0 Å². The van der Waals surface area contributed by atoms with Gasteiger partial charge in [-0.15, -0.1) is 0 Å². The van der Waals surface area contributed by atoms with Crippen LogP contribution in [0.1, 0.15) is 17.3 Å². The molecule has 0 aromatic heterocycles. The molecule has 0 aliphatic heterocycles. The summed E-state index contributed by atoms with van der Waals surface area (Å²) in [6, 6.07) is 8.88. The molecule has 0 atom stereocenters. The van der Waals surface area contributed by atoms with E-state index in [4.69, 9.17) is 0 Å². The lowest BCUT2D eigenvalue weighted by atomic mass is 10.1. The van der Waals surface area contributed by atoms with Crippen molar-refractivity contribution in [3.8, 4) is 0 Å². The van der Waals surface area contributed by atoms with Crippen molar-refractivity contribution in [2.75, 3.05) is 0 Å². The maximum Gasteiger partial charge on any atom is 0.187 e. The van der Waals surface area contributed by atoms with E-state index >= 15 is 0 Å². The third-order valence-electron chi connectivity index (χ3n) is 1.65. The van der Waals surface area contributed by atoms with Crippen LogP contribution in [-0.4, -0.2) is 11.6 Å². The topological polar surface area (TPSA) is 34.1 Å². The molecule has 2 nitrogen and oxygen atoms in total. The zero-order valence-corrected chi connectivity index (χ0v) is 9.82. The quantitative estimate of drug-likeness (QED) is 0.489. The van der Waals surface area contributed by atoms with Gasteiger partial charge in [0, 0.05) is 11.6 Å². The molecule has 0 amide bonds. The third kappa shape index (κ3) is 3.06. The zero-order chi connectivity index (χ0) is 10.6. The van der Waals surface area contributed by atoms with E-state index < -0.39 is 0 Å². The van der Waals surface area contributed by atoms with E-state index in [1.165, 1.54) is 13.0 Å². The molecule has 0 unspecified atom stereocenters.